The van der Waals surface area contributed by atoms with Crippen molar-refractivity contribution in [1.29, 1.82) is 0 Å². The van der Waals surface area contributed by atoms with E-state index in [2.05, 4.69) is 9.71 Å². The fourth-order valence-electron chi connectivity index (χ4n) is 2.28. The third-order valence-corrected chi connectivity index (χ3v) is 6.18. The Labute approximate surface area is 124 Å². The Morgan fingerprint density at radius 1 is 1.50 bits per heavy atom. The number of hydrogen-bond donors (Lipinski definition) is 2. The van der Waals surface area contributed by atoms with Crippen LogP contribution in [0.4, 0.5) is 0 Å². The van der Waals surface area contributed by atoms with Gasteiger partial charge in [-0.1, -0.05) is 0 Å². The van der Waals surface area contributed by atoms with E-state index in [-0.39, 0.29) is 0 Å². The van der Waals surface area contributed by atoms with Gasteiger partial charge in [0.2, 0.25) is 0 Å². The molecule has 0 aromatic carbocycles. The summed E-state index contributed by atoms with van der Waals surface area (Å²) in [6.07, 6.45) is 2.34. The number of aryl methyl sites for hydroxylation is 1. The number of nitrogens with zero attached hydrogens (tertiary/aromatic N) is 2. The summed E-state index contributed by atoms with van der Waals surface area (Å²) in [6, 6.07) is 0. The Kier molecular flexibility index (Phi) is 5.50. The molecule has 0 bridgehead atoms. The van der Waals surface area contributed by atoms with Gasteiger partial charge in [-0.05, 0) is 32.2 Å². The molecule has 1 saturated heterocycles. The first-order chi connectivity index (χ1) is 9.51. The van der Waals surface area contributed by atoms with Crippen LogP contribution < -0.4 is 10.5 Å². The maximum atomic E-state index is 12.1. The van der Waals surface area contributed by atoms with Crippen LogP contribution in [-0.4, -0.2) is 43.9 Å². The van der Waals surface area contributed by atoms with Crippen molar-refractivity contribution in [2.24, 2.45) is 11.7 Å². The number of piperidine rings is 1. The second-order valence-electron chi connectivity index (χ2n) is 5.11. The van der Waals surface area contributed by atoms with Crippen molar-refractivity contribution in [3.8, 4) is 0 Å². The van der Waals surface area contributed by atoms with E-state index >= 15 is 0 Å². The Bertz CT molecular complexity index is 521. The third kappa shape index (κ3) is 4.23. The number of rotatable bonds is 6. The second kappa shape index (κ2) is 6.95. The molecule has 0 atom stereocenters. The van der Waals surface area contributed by atoms with Crippen molar-refractivity contribution in [3.05, 3.63) is 16.1 Å². The summed E-state index contributed by atoms with van der Waals surface area (Å²) in [7, 11) is -3.36. The van der Waals surface area contributed by atoms with Gasteiger partial charge >= 0.3 is 0 Å². The molecule has 2 heterocycles. The molecule has 0 spiro atoms. The molecule has 2 rings (SSSR count). The summed E-state index contributed by atoms with van der Waals surface area (Å²) in [5.74, 6) is 0.458. The van der Waals surface area contributed by atoms with Gasteiger partial charge in [0.05, 0.1) is 5.01 Å². The molecule has 0 aliphatic carbocycles. The van der Waals surface area contributed by atoms with Crippen LogP contribution in [0.15, 0.2) is 5.38 Å². The Morgan fingerprint density at radius 2 is 2.20 bits per heavy atom. The molecular formula is C12H22N4O2S2. The summed E-state index contributed by atoms with van der Waals surface area (Å²) in [5, 5.41) is 2.94. The predicted octanol–water partition coefficient (Wildman–Crippen LogP) is 0.499. The lowest BCUT2D eigenvalue weighted by atomic mass is 9.99. The number of thiazole rings is 1. The summed E-state index contributed by atoms with van der Waals surface area (Å²) in [5.41, 5.74) is 6.60. The lowest BCUT2D eigenvalue weighted by Gasteiger charge is -2.30. The van der Waals surface area contributed by atoms with Gasteiger partial charge in [0.1, 0.15) is 0 Å². The van der Waals surface area contributed by atoms with Crippen LogP contribution in [-0.2, 0) is 16.6 Å². The maximum Gasteiger partial charge on any atom is 0.279 e. The zero-order valence-electron chi connectivity index (χ0n) is 11.7. The van der Waals surface area contributed by atoms with Crippen molar-refractivity contribution in [1.82, 2.24) is 14.0 Å². The van der Waals surface area contributed by atoms with E-state index < -0.39 is 10.2 Å². The molecule has 8 heteroatoms. The molecule has 0 saturated carbocycles. The van der Waals surface area contributed by atoms with Gasteiger partial charge in [-0.25, -0.2) is 9.71 Å². The van der Waals surface area contributed by atoms with Crippen LogP contribution >= 0.6 is 11.3 Å². The van der Waals surface area contributed by atoms with Gasteiger partial charge in [0.15, 0.2) is 0 Å². The average molecular weight is 318 g/mol. The molecule has 114 valence electrons. The highest BCUT2D eigenvalue weighted by Crippen LogP contribution is 2.17. The molecule has 0 amide bonds. The molecule has 3 N–H and O–H groups in total. The zero-order chi connectivity index (χ0) is 14.6. The van der Waals surface area contributed by atoms with E-state index in [0.717, 1.165) is 23.5 Å². The van der Waals surface area contributed by atoms with Crippen LogP contribution in [0.2, 0.25) is 0 Å². The monoisotopic (exact) mass is 318 g/mol. The van der Waals surface area contributed by atoms with Gasteiger partial charge in [0, 0.05) is 37.1 Å². The predicted molar refractivity (Wildman–Crippen MR) is 80.8 cm³/mol. The highest BCUT2D eigenvalue weighted by molar-refractivity contribution is 7.87. The van der Waals surface area contributed by atoms with Crippen LogP contribution in [0.1, 0.15) is 23.5 Å². The highest BCUT2D eigenvalue weighted by atomic mass is 32.2. The smallest absolute Gasteiger partial charge is 0.279 e. The summed E-state index contributed by atoms with van der Waals surface area (Å²) in [4.78, 5) is 4.32. The molecule has 1 aromatic rings. The highest BCUT2D eigenvalue weighted by Gasteiger charge is 2.26. The van der Waals surface area contributed by atoms with Gasteiger partial charge in [0.25, 0.3) is 10.2 Å². The van der Waals surface area contributed by atoms with E-state index in [4.69, 9.17) is 5.73 Å². The maximum absolute atomic E-state index is 12.1. The summed E-state index contributed by atoms with van der Waals surface area (Å²) < 4.78 is 28.5. The molecular weight excluding hydrogens is 296 g/mol. The Balaban J connectivity index is 1.79. The molecule has 1 aliphatic rings. The van der Waals surface area contributed by atoms with E-state index in [1.807, 2.05) is 12.3 Å². The van der Waals surface area contributed by atoms with Gasteiger partial charge in [-0.15, -0.1) is 11.3 Å². The van der Waals surface area contributed by atoms with E-state index in [0.29, 0.717) is 38.5 Å². The third-order valence-electron chi connectivity index (χ3n) is 3.54. The van der Waals surface area contributed by atoms with Crippen molar-refractivity contribution < 1.29 is 8.42 Å². The van der Waals surface area contributed by atoms with Gasteiger partial charge in [-0.3, -0.25) is 0 Å². The fourth-order valence-corrected chi connectivity index (χ4v) is 4.29. The van der Waals surface area contributed by atoms with E-state index in [1.54, 1.807) is 11.3 Å². The number of nitrogens with one attached hydrogen (secondary N) is 1. The minimum atomic E-state index is -3.36. The quantitative estimate of drug-likeness (QED) is 0.799. The first kappa shape index (κ1) is 15.8. The molecule has 1 aromatic heterocycles. The molecule has 6 nitrogen and oxygen atoms in total. The molecule has 1 aliphatic heterocycles. The van der Waals surface area contributed by atoms with Crippen LogP contribution in [0, 0.1) is 12.8 Å². The number of nitrogens with two attached hydrogens (primary N) is 1. The first-order valence-corrected chi connectivity index (χ1v) is 9.19. The van der Waals surface area contributed by atoms with Gasteiger partial charge in [-0.2, -0.15) is 12.7 Å². The fraction of sp³-hybridized carbons (Fsp3) is 0.750. The van der Waals surface area contributed by atoms with Crippen LogP contribution in [0.3, 0.4) is 0 Å². The van der Waals surface area contributed by atoms with Crippen LogP contribution in [0.5, 0.6) is 0 Å². The minimum absolute atomic E-state index is 0.395. The number of aromatic nitrogens is 1. The largest absolute Gasteiger partial charge is 0.330 e. The normalized spacial score (nSPS) is 18.5. The van der Waals surface area contributed by atoms with Crippen molar-refractivity contribution >= 4 is 21.5 Å². The topological polar surface area (TPSA) is 88.3 Å². The van der Waals surface area contributed by atoms with Crippen molar-refractivity contribution in [3.63, 3.8) is 0 Å². The second-order valence-corrected chi connectivity index (χ2v) is 7.81. The SMILES string of the molecule is Cc1csc(CCNS(=O)(=O)N2CCC(CN)CC2)n1. The van der Waals surface area contributed by atoms with E-state index in [9.17, 15) is 8.42 Å². The van der Waals surface area contributed by atoms with Crippen LogP contribution in [0.25, 0.3) is 0 Å². The Morgan fingerprint density at radius 3 is 2.75 bits per heavy atom. The average Bonchev–Trinajstić information content (AvgIpc) is 2.84. The van der Waals surface area contributed by atoms with Crippen molar-refractivity contribution in [2.75, 3.05) is 26.2 Å². The minimum Gasteiger partial charge on any atom is -0.330 e. The summed E-state index contributed by atoms with van der Waals surface area (Å²) in [6.45, 7) is 4.10. The number of hydrogen-bond acceptors (Lipinski definition) is 5. The molecule has 0 radical (unpaired) electrons. The van der Waals surface area contributed by atoms with Gasteiger partial charge < -0.3 is 5.73 Å². The molecule has 0 unspecified atom stereocenters. The standard InChI is InChI=1S/C12H22N4O2S2/c1-10-9-19-12(15-10)2-5-14-20(17,18)16-6-3-11(8-13)4-7-16/h9,11,14H,2-8,13H2,1H3. The zero-order valence-corrected chi connectivity index (χ0v) is 13.3. The lowest BCUT2D eigenvalue weighted by Crippen LogP contribution is -2.46. The first-order valence-electron chi connectivity index (χ1n) is 6.87. The summed E-state index contributed by atoms with van der Waals surface area (Å²) >= 11 is 1.57. The van der Waals surface area contributed by atoms with Crippen molar-refractivity contribution in [2.45, 2.75) is 26.2 Å². The Hall–Kier alpha value is -0.540. The lowest BCUT2D eigenvalue weighted by molar-refractivity contribution is 0.276. The molecule has 1 fully saturated rings. The molecule has 20 heavy (non-hydrogen) atoms. The van der Waals surface area contributed by atoms with E-state index in [1.165, 1.54) is 4.31 Å².